The number of hydrogen-bond acceptors (Lipinski definition) is 4. The van der Waals surface area contributed by atoms with Crippen molar-refractivity contribution in [2.75, 3.05) is 36.6 Å². The number of carbonyl (C=O) groups is 2. The lowest BCUT2D eigenvalue weighted by atomic mass is 10.2. The fourth-order valence-electron chi connectivity index (χ4n) is 1.65. The molecular formula is C10H18N2O3S2. The van der Waals surface area contributed by atoms with Crippen LogP contribution in [0.4, 0.5) is 4.79 Å². The highest BCUT2D eigenvalue weighted by molar-refractivity contribution is 7.99. The first-order chi connectivity index (χ1) is 8.15. The SMILES string of the molecule is CSCCNC(=O)N1CCSCC1CC(=O)O. The maximum Gasteiger partial charge on any atom is 0.317 e. The minimum absolute atomic E-state index is 0.0307. The summed E-state index contributed by atoms with van der Waals surface area (Å²) < 4.78 is 0. The predicted octanol–water partition coefficient (Wildman–Crippen LogP) is 0.951. The Morgan fingerprint density at radius 1 is 1.59 bits per heavy atom. The van der Waals surface area contributed by atoms with Crippen LogP contribution in [0.3, 0.4) is 0 Å². The van der Waals surface area contributed by atoms with Gasteiger partial charge < -0.3 is 15.3 Å². The topological polar surface area (TPSA) is 69.6 Å². The Morgan fingerprint density at radius 2 is 2.35 bits per heavy atom. The standard InChI is InChI=1S/C10H18N2O3S2/c1-16-4-2-11-10(15)12-3-5-17-7-8(12)6-9(13)14/h8H,2-7H2,1H3,(H,11,15)(H,13,14). The smallest absolute Gasteiger partial charge is 0.317 e. The Morgan fingerprint density at radius 3 is 3.00 bits per heavy atom. The average molecular weight is 278 g/mol. The summed E-state index contributed by atoms with van der Waals surface area (Å²) in [7, 11) is 0. The third kappa shape index (κ3) is 5.08. The van der Waals surface area contributed by atoms with Crippen molar-refractivity contribution < 1.29 is 14.7 Å². The summed E-state index contributed by atoms with van der Waals surface area (Å²) in [5.74, 6) is 1.62. The van der Waals surface area contributed by atoms with Gasteiger partial charge in [0.25, 0.3) is 0 Å². The second-order valence-electron chi connectivity index (χ2n) is 3.74. The first kappa shape index (κ1) is 14.5. The molecule has 5 nitrogen and oxygen atoms in total. The molecule has 1 aliphatic heterocycles. The van der Waals surface area contributed by atoms with Crippen LogP contribution in [0.5, 0.6) is 0 Å². The average Bonchev–Trinajstić information content (AvgIpc) is 2.29. The van der Waals surface area contributed by atoms with E-state index >= 15 is 0 Å². The number of aliphatic carboxylic acids is 1. The Bertz CT molecular complexity index is 276. The van der Waals surface area contributed by atoms with Crippen molar-refractivity contribution in [3.05, 3.63) is 0 Å². The first-order valence-corrected chi connectivity index (χ1v) is 8.03. The zero-order chi connectivity index (χ0) is 12.7. The maximum absolute atomic E-state index is 11.9. The molecule has 1 rings (SSSR count). The number of carboxylic acids is 1. The molecule has 0 radical (unpaired) electrons. The third-order valence-electron chi connectivity index (χ3n) is 2.48. The Labute approximate surface area is 110 Å². The van der Waals surface area contributed by atoms with Gasteiger partial charge in [0.05, 0.1) is 12.5 Å². The molecule has 1 aliphatic rings. The van der Waals surface area contributed by atoms with E-state index in [1.165, 1.54) is 0 Å². The normalized spacial score (nSPS) is 20.1. The molecule has 0 aromatic carbocycles. The molecule has 1 atom stereocenters. The van der Waals surface area contributed by atoms with Gasteiger partial charge in [-0.05, 0) is 6.26 Å². The number of thioether (sulfide) groups is 2. The van der Waals surface area contributed by atoms with Crippen molar-refractivity contribution in [3.63, 3.8) is 0 Å². The number of rotatable bonds is 5. The highest BCUT2D eigenvalue weighted by atomic mass is 32.2. The number of hydrogen-bond donors (Lipinski definition) is 2. The number of carboxylic acid groups (broad SMARTS) is 1. The molecular weight excluding hydrogens is 260 g/mol. The van der Waals surface area contributed by atoms with Crippen molar-refractivity contribution in [1.82, 2.24) is 10.2 Å². The van der Waals surface area contributed by atoms with Gasteiger partial charge in [0, 0.05) is 30.3 Å². The van der Waals surface area contributed by atoms with Crippen molar-refractivity contribution in [3.8, 4) is 0 Å². The van der Waals surface area contributed by atoms with Crippen molar-refractivity contribution in [1.29, 1.82) is 0 Å². The van der Waals surface area contributed by atoms with E-state index in [1.807, 2.05) is 6.26 Å². The van der Waals surface area contributed by atoms with Crippen LogP contribution >= 0.6 is 23.5 Å². The van der Waals surface area contributed by atoms with E-state index in [1.54, 1.807) is 28.4 Å². The molecule has 0 aromatic heterocycles. The molecule has 1 saturated heterocycles. The predicted molar refractivity (Wildman–Crippen MR) is 71.9 cm³/mol. The van der Waals surface area contributed by atoms with E-state index in [0.717, 1.165) is 11.5 Å². The second-order valence-corrected chi connectivity index (χ2v) is 5.88. The van der Waals surface area contributed by atoms with Crippen LogP contribution < -0.4 is 5.32 Å². The molecule has 0 bridgehead atoms. The Hall–Kier alpha value is -0.560. The lowest BCUT2D eigenvalue weighted by Crippen LogP contribution is -2.51. The lowest BCUT2D eigenvalue weighted by Gasteiger charge is -2.34. The number of nitrogens with one attached hydrogen (secondary N) is 1. The summed E-state index contributed by atoms with van der Waals surface area (Å²) in [6, 6.07) is -0.314. The van der Waals surface area contributed by atoms with Gasteiger partial charge in [0.2, 0.25) is 0 Å². The molecule has 7 heteroatoms. The lowest BCUT2D eigenvalue weighted by molar-refractivity contribution is -0.137. The van der Waals surface area contributed by atoms with E-state index in [2.05, 4.69) is 5.32 Å². The molecule has 0 saturated carbocycles. The minimum Gasteiger partial charge on any atom is -0.481 e. The van der Waals surface area contributed by atoms with Crippen LogP contribution in [0, 0.1) is 0 Å². The molecule has 98 valence electrons. The first-order valence-electron chi connectivity index (χ1n) is 5.48. The van der Waals surface area contributed by atoms with Crippen LogP contribution in [-0.4, -0.2) is 64.7 Å². The van der Waals surface area contributed by atoms with E-state index in [-0.39, 0.29) is 18.5 Å². The van der Waals surface area contributed by atoms with Gasteiger partial charge in [0.15, 0.2) is 0 Å². The third-order valence-corrected chi connectivity index (χ3v) is 4.19. The molecule has 2 N–H and O–H groups in total. The van der Waals surface area contributed by atoms with Crippen molar-refractivity contribution in [2.24, 2.45) is 0 Å². The molecule has 0 spiro atoms. The minimum atomic E-state index is -0.848. The van der Waals surface area contributed by atoms with E-state index < -0.39 is 5.97 Å². The molecule has 2 amide bonds. The van der Waals surface area contributed by atoms with E-state index in [0.29, 0.717) is 18.8 Å². The van der Waals surface area contributed by atoms with E-state index in [4.69, 9.17) is 5.11 Å². The van der Waals surface area contributed by atoms with E-state index in [9.17, 15) is 9.59 Å². The zero-order valence-corrected chi connectivity index (χ0v) is 11.5. The summed E-state index contributed by atoms with van der Waals surface area (Å²) in [6.07, 6.45) is 2.01. The number of amides is 2. The van der Waals surface area contributed by atoms with Gasteiger partial charge in [0.1, 0.15) is 0 Å². The van der Waals surface area contributed by atoms with Crippen LogP contribution in [0.15, 0.2) is 0 Å². The van der Waals surface area contributed by atoms with Gasteiger partial charge in [-0.25, -0.2) is 4.79 Å². The quantitative estimate of drug-likeness (QED) is 0.733. The maximum atomic E-state index is 11.9. The number of carbonyl (C=O) groups excluding carboxylic acids is 1. The second kappa shape index (κ2) is 7.71. The van der Waals surface area contributed by atoms with Gasteiger partial charge in [-0.15, -0.1) is 0 Å². The Kier molecular flexibility index (Phi) is 6.57. The molecule has 1 unspecified atom stereocenters. The molecule has 0 aromatic rings. The van der Waals surface area contributed by atoms with Crippen LogP contribution in [0.1, 0.15) is 6.42 Å². The molecule has 1 heterocycles. The largest absolute Gasteiger partial charge is 0.481 e. The molecule has 17 heavy (non-hydrogen) atoms. The zero-order valence-electron chi connectivity index (χ0n) is 9.85. The summed E-state index contributed by atoms with van der Waals surface area (Å²) in [5, 5.41) is 11.6. The van der Waals surface area contributed by atoms with Crippen LogP contribution in [0.25, 0.3) is 0 Å². The fourth-order valence-corrected chi connectivity index (χ4v) is 3.02. The molecule has 1 fully saturated rings. The van der Waals surface area contributed by atoms with Crippen LogP contribution in [0.2, 0.25) is 0 Å². The Balaban J connectivity index is 2.45. The van der Waals surface area contributed by atoms with Gasteiger partial charge in [-0.1, -0.05) is 0 Å². The van der Waals surface area contributed by atoms with Gasteiger partial charge in [-0.2, -0.15) is 23.5 Å². The number of nitrogens with zero attached hydrogens (tertiary/aromatic N) is 1. The molecule has 0 aliphatic carbocycles. The summed E-state index contributed by atoms with van der Waals surface area (Å²) in [5.41, 5.74) is 0. The highest BCUT2D eigenvalue weighted by Gasteiger charge is 2.28. The van der Waals surface area contributed by atoms with Crippen molar-refractivity contribution in [2.45, 2.75) is 12.5 Å². The van der Waals surface area contributed by atoms with Gasteiger partial charge >= 0.3 is 12.0 Å². The summed E-state index contributed by atoms with van der Waals surface area (Å²) in [4.78, 5) is 24.3. The number of urea groups is 1. The van der Waals surface area contributed by atoms with Crippen molar-refractivity contribution >= 4 is 35.5 Å². The van der Waals surface area contributed by atoms with Gasteiger partial charge in [-0.3, -0.25) is 4.79 Å². The summed E-state index contributed by atoms with van der Waals surface area (Å²) in [6.45, 7) is 1.26. The monoisotopic (exact) mass is 278 g/mol. The highest BCUT2D eigenvalue weighted by Crippen LogP contribution is 2.18. The van der Waals surface area contributed by atoms with Crippen LogP contribution in [-0.2, 0) is 4.79 Å². The fraction of sp³-hybridized carbons (Fsp3) is 0.800. The summed E-state index contributed by atoms with van der Waals surface area (Å²) >= 11 is 3.38.